The van der Waals surface area contributed by atoms with Crippen molar-refractivity contribution in [3.8, 4) is 35.4 Å². The van der Waals surface area contributed by atoms with E-state index in [1.807, 2.05) is 24.3 Å². The van der Waals surface area contributed by atoms with Gasteiger partial charge in [-0.2, -0.15) is 9.97 Å². The quantitative estimate of drug-likeness (QED) is 0.175. The molecule has 9 rings (SSSR count). The lowest BCUT2D eigenvalue weighted by atomic mass is 9.96. The first-order chi connectivity index (χ1) is 27.2. The summed E-state index contributed by atoms with van der Waals surface area (Å²) in [7, 11) is 0. The van der Waals surface area contributed by atoms with E-state index in [4.69, 9.17) is 16.1 Å². The first kappa shape index (κ1) is 35.8. The largest absolute Gasteiger partial charge is 0.508 e. The van der Waals surface area contributed by atoms with Crippen LogP contribution in [0.4, 0.5) is 25.1 Å². The average Bonchev–Trinajstić information content (AvgIpc) is 3.54. The van der Waals surface area contributed by atoms with Crippen molar-refractivity contribution in [2.45, 2.75) is 50.7 Å². The summed E-state index contributed by atoms with van der Waals surface area (Å²) in [5.74, 6) is 1.40. The van der Waals surface area contributed by atoms with Gasteiger partial charge in [0.2, 0.25) is 5.91 Å². The van der Waals surface area contributed by atoms with E-state index >= 15 is 4.39 Å². The van der Waals surface area contributed by atoms with Gasteiger partial charge >= 0.3 is 12.0 Å². The zero-order valence-electron chi connectivity index (χ0n) is 30.6. The third-order valence-corrected chi connectivity index (χ3v) is 11.5. The molecule has 56 heavy (non-hydrogen) atoms. The Morgan fingerprint density at radius 3 is 2.46 bits per heavy atom. The number of rotatable bonds is 8. The van der Waals surface area contributed by atoms with Crippen LogP contribution in [0.5, 0.6) is 11.8 Å². The molecule has 12 nitrogen and oxygen atoms in total. The summed E-state index contributed by atoms with van der Waals surface area (Å²) in [5.41, 5.74) is 1.90. The molecule has 0 aliphatic carbocycles. The summed E-state index contributed by atoms with van der Waals surface area (Å²) < 4.78 is 38.1. The van der Waals surface area contributed by atoms with Crippen LogP contribution in [0, 0.1) is 29.9 Å². The van der Waals surface area contributed by atoms with E-state index in [1.165, 1.54) is 30.5 Å². The summed E-state index contributed by atoms with van der Waals surface area (Å²) in [5, 5.41) is 17.7. The first-order valence-electron chi connectivity index (χ1n) is 19.1. The highest BCUT2D eigenvalue weighted by atomic mass is 19.1. The fraction of sp³-hybridized carbons (Fsp3) is 0.357. The summed E-state index contributed by atoms with van der Waals surface area (Å²) in [6.07, 6.45) is 11.4. The number of urea groups is 1. The van der Waals surface area contributed by atoms with Gasteiger partial charge in [0, 0.05) is 67.5 Å². The zero-order valence-corrected chi connectivity index (χ0v) is 30.6. The van der Waals surface area contributed by atoms with Crippen LogP contribution in [-0.2, 0) is 11.3 Å². The summed E-state index contributed by atoms with van der Waals surface area (Å²) in [4.78, 5) is 43.9. The van der Waals surface area contributed by atoms with Crippen molar-refractivity contribution in [1.82, 2.24) is 30.5 Å². The van der Waals surface area contributed by atoms with Crippen LogP contribution < -0.4 is 25.2 Å². The number of fused-ring (bicyclic) bond motifs is 4. The summed E-state index contributed by atoms with van der Waals surface area (Å²) in [6, 6.07) is 13.6. The lowest BCUT2D eigenvalue weighted by Gasteiger charge is -2.34. The highest BCUT2D eigenvalue weighted by Crippen LogP contribution is 2.39. The lowest BCUT2D eigenvalue weighted by Crippen LogP contribution is -2.51. The molecular weight excluding hydrogens is 719 g/mol. The second-order valence-electron chi connectivity index (χ2n) is 15.2. The number of carbonyl (C=O) groups is 2. The second kappa shape index (κ2) is 14.6. The minimum Gasteiger partial charge on any atom is -0.508 e. The fourth-order valence-electron chi connectivity index (χ4n) is 8.59. The Morgan fingerprint density at radius 2 is 1.73 bits per heavy atom. The molecule has 4 aliphatic heterocycles. The molecule has 2 atom stereocenters. The number of nitrogens with one attached hydrogen (secondary N) is 2. The average molecular weight is 759 g/mol. The standard InChI is InChI=1S/C42H40F2N8O4/c1-2-31-34(43)10-5-26-17-30(53)18-32(36(26)31)38-37(44)39-33(19-45-38)40(51-21-27-6-7-28(22-51)46-27)49-41(48-39)56-23-25-11-14-50(15-12-25)20-24-3-8-29(9-4-24)52-16-13-35(54)47-42(52)55/h1,3-5,8-10,17-19,25,27-28,46,53H,6-7,11-16,20-23H2,(H,47,54,55)/t27-,28+. The Morgan fingerprint density at radius 1 is 0.964 bits per heavy atom. The van der Waals surface area contributed by atoms with Crippen LogP contribution in [0.15, 0.2) is 54.7 Å². The number of aromatic hydroxyl groups is 1. The predicted molar refractivity (Wildman–Crippen MR) is 207 cm³/mol. The van der Waals surface area contributed by atoms with Crippen LogP contribution in [0.25, 0.3) is 32.9 Å². The molecule has 4 aliphatic rings. The van der Waals surface area contributed by atoms with Gasteiger partial charge in [-0.05, 0) is 86.0 Å². The number of pyridine rings is 1. The van der Waals surface area contributed by atoms with Gasteiger partial charge in [-0.15, -0.1) is 6.42 Å². The van der Waals surface area contributed by atoms with Crippen molar-refractivity contribution in [3.05, 3.63) is 77.5 Å². The maximum Gasteiger partial charge on any atom is 0.328 e. The molecule has 3 N–H and O–H groups in total. The van der Waals surface area contributed by atoms with E-state index in [0.717, 1.165) is 56.6 Å². The van der Waals surface area contributed by atoms with Crippen molar-refractivity contribution in [3.63, 3.8) is 0 Å². The highest BCUT2D eigenvalue weighted by molar-refractivity contribution is 6.05. The van der Waals surface area contributed by atoms with Crippen molar-refractivity contribution in [2.24, 2.45) is 5.92 Å². The van der Waals surface area contributed by atoms with Gasteiger partial charge in [-0.3, -0.25) is 24.9 Å². The van der Waals surface area contributed by atoms with Gasteiger partial charge in [0.25, 0.3) is 0 Å². The number of phenols is 1. The number of halogens is 2. The van der Waals surface area contributed by atoms with E-state index in [1.54, 1.807) is 4.90 Å². The van der Waals surface area contributed by atoms with Gasteiger partial charge < -0.3 is 20.1 Å². The SMILES string of the molecule is C#Cc1c(F)ccc2cc(O)cc(-c3ncc4c(N5C[C@H]6CC[C@@H](C5)N6)nc(OCC5CCN(Cc6ccc(N7CCC(=O)NC7=O)cc6)CC5)nc4c3F)c12. The number of terminal acetylenes is 1. The van der Waals surface area contributed by atoms with E-state index in [0.29, 0.717) is 54.9 Å². The molecule has 4 fully saturated rings. The van der Waals surface area contributed by atoms with Crippen LogP contribution in [0.2, 0.25) is 0 Å². The maximum atomic E-state index is 16.9. The molecule has 0 radical (unpaired) electrons. The van der Waals surface area contributed by atoms with Crippen molar-refractivity contribution in [2.75, 3.05) is 49.1 Å². The van der Waals surface area contributed by atoms with Crippen molar-refractivity contribution in [1.29, 1.82) is 0 Å². The molecule has 3 aromatic carbocycles. The molecule has 2 bridgehead atoms. The lowest BCUT2D eigenvalue weighted by molar-refractivity contribution is -0.120. The van der Waals surface area contributed by atoms with Crippen LogP contribution >= 0.6 is 0 Å². The number of aromatic nitrogens is 3. The third kappa shape index (κ3) is 6.82. The van der Waals surface area contributed by atoms with Gasteiger partial charge in [0.05, 0.1) is 17.6 Å². The maximum absolute atomic E-state index is 16.9. The molecule has 6 heterocycles. The highest BCUT2D eigenvalue weighted by Gasteiger charge is 2.34. The molecule has 2 aromatic heterocycles. The number of hydrogen-bond donors (Lipinski definition) is 3. The molecule has 3 amide bonds. The number of likely N-dealkylation sites (tertiary alicyclic amines) is 1. The Bertz CT molecular complexity index is 2400. The summed E-state index contributed by atoms with van der Waals surface area (Å²) >= 11 is 0. The fourth-order valence-corrected chi connectivity index (χ4v) is 8.59. The van der Waals surface area contributed by atoms with Crippen LogP contribution in [0.3, 0.4) is 0 Å². The number of piperazine rings is 1. The van der Waals surface area contributed by atoms with Gasteiger partial charge in [0.1, 0.15) is 28.6 Å². The number of ether oxygens (including phenoxy) is 1. The van der Waals surface area contributed by atoms with Crippen molar-refractivity contribution >= 4 is 45.1 Å². The van der Waals surface area contributed by atoms with Gasteiger partial charge in [0.15, 0.2) is 5.82 Å². The van der Waals surface area contributed by atoms with E-state index in [2.05, 4.69) is 36.3 Å². The molecule has 0 saturated carbocycles. The summed E-state index contributed by atoms with van der Waals surface area (Å²) in [6.45, 7) is 4.61. The van der Waals surface area contributed by atoms with Crippen LogP contribution in [0.1, 0.15) is 43.2 Å². The number of imide groups is 1. The second-order valence-corrected chi connectivity index (χ2v) is 15.2. The number of carbonyl (C=O) groups excluding carboxylic acids is 2. The van der Waals surface area contributed by atoms with Crippen molar-refractivity contribution < 1.29 is 28.2 Å². The third-order valence-electron chi connectivity index (χ3n) is 11.5. The first-order valence-corrected chi connectivity index (χ1v) is 19.1. The topological polar surface area (TPSA) is 136 Å². The molecular formula is C42H40F2N8O4. The molecule has 4 saturated heterocycles. The normalized spacial score (nSPS) is 20.4. The van der Waals surface area contributed by atoms with Gasteiger partial charge in [-0.1, -0.05) is 24.1 Å². The molecule has 0 unspecified atom stereocenters. The minimum absolute atomic E-state index is 0.0197. The Kier molecular flexibility index (Phi) is 9.35. The van der Waals surface area contributed by atoms with E-state index < -0.39 is 17.7 Å². The number of amides is 3. The number of anilines is 2. The minimum atomic E-state index is -0.746. The Hall–Kier alpha value is -5.91. The van der Waals surface area contributed by atoms with Crippen LogP contribution in [-0.4, -0.2) is 88.3 Å². The smallest absolute Gasteiger partial charge is 0.328 e. The van der Waals surface area contributed by atoms with E-state index in [9.17, 15) is 19.1 Å². The molecule has 286 valence electrons. The molecule has 0 spiro atoms. The van der Waals surface area contributed by atoms with E-state index in [-0.39, 0.29) is 57.7 Å². The Labute approximate surface area is 321 Å². The monoisotopic (exact) mass is 758 g/mol. The Balaban J connectivity index is 0.946. The number of benzene rings is 3. The number of nitrogens with zero attached hydrogens (tertiary/aromatic N) is 6. The zero-order chi connectivity index (χ0) is 38.5. The number of hydrogen-bond acceptors (Lipinski definition) is 10. The number of phenolic OH excluding ortho intramolecular Hbond substituents is 1. The molecule has 5 aromatic rings. The predicted octanol–water partition coefficient (Wildman–Crippen LogP) is 5.49. The number of piperidine rings is 1. The van der Waals surface area contributed by atoms with Gasteiger partial charge in [-0.25, -0.2) is 13.6 Å². The molecule has 14 heteroatoms.